The Labute approximate surface area is 164 Å². The molecular formula is C24H24O4. The van der Waals surface area contributed by atoms with E-state index in [0.29, 0.717) is 29.7 Å². The van der Waals surface area contributed by atoms with E-state index >= 15 is 0 Å². The van der Waals surface area contributed by atoms with Crippen molar-refractivity contribution in [2.24, 2.45) is 11.8 Å². The highest BCUT2D eigenvalue weighted by molar-refractivity contribution is 5.97. The molecule has 0 N–H and O–H groups in total. The number of hydrogen-bond donors (Lipinski definition) is 0. The van der Waals surface area contributed by atoms with E-state index in [0.717, 1.165) is 31.1 Å². The molecule has 0 fully saturated rings. The van der Waals surface area contributed by atoms with E-state index in [1.807, 2.05) is 36.4 Å². The Morgan fingerprint density at radius 1 is 0.714 bits per heavy atom. The zero-order chi connectivity index (χ0) is 19.3. The number of ether oxygens (including phenoxy) is 2. The molecule has 0 bridgehead atoms. The number of hydrogen-bond acceptors (Lipinski definition) is 4. The molecule has 4 nitrogen and oxygen atoms in total. The molecule has 2 aliphatic rings. The second-order valence-corrected chi connectivity index (χ2v) is 7.42. The number of benzene rings is 2. The molecule has 4 rings (SSSR count). The van der Waals surface area contributed by atoms with Gasteiger partial charge in [0.15, 0.2) is 0 Å². The van der Waals surface area contributed by atoms with Crippen LogP contribution >= 0.6 is 0 Å². The van der Waals surface area contributed by atoms with Crippen molar-refractivity contribution in [2.75, 3.05) is 0 Å². The Morgan fingerprint density at radius 2 is 1.21 bits per heavy atom. The van der Waals surface area contributed by atoms with Crippen molar-refractivity contribution in [1.29, 1.82) is 0 Å². The minimum atomic E-state index is -0.226. The van der Waals surface area contributed by atoms with Crippen molar-refractivity contribution < 1.29 is 19.1 Å². The molecule has 2 aromatic rings. The number of rotatable bonds is 4. The summed E-state index contributed by atoms with van der Waals surface area (Å²) in [7, 11) is 0. The van der Waals surface area contributed by atoms with Gasteiger partial charge in [-0.15, -0.1) is 0 Å². The normalized spacial score (nSPS) is 21.4. The molecule has 0 saturated heterocycles. The third-order valence-electron chi connectivity index (χ3n) is 5.45. The quantitative estimate of drug-likeness (QED) is 0.409. The average Bonchev–Trinajstić information content (AvgIpc) is 2.75. The van der Waals surface area contributed by atoms with Crippen molar-refractivity contribution >= 4 is 22.7 Å². The Kier molecular flexibility index (Phi) is 5.56. The van der Waals surface area contributed by atoms with E-state index in [9.17, 15) is 9.59 Å². The van der Waals surface area contributed by atoms with E-state index in [4.69, 9.17) is 9.47 Å². The van der Waals surface area contributed by atoms with Gasteiger partial charge in [0.05, 0.1) is 17.2 Å². The van der Waals surface area contributed by atoms with Crippen LogP contribution in [0.4, 0.5) is 0 Å². The van der Waals surface area contributed by atoms with Crippen LogP contribution in [0.15, 0.2) is 60.7 Å². The van der Waals surface area contributed by atoms with Gasteiger partial charge in [0.25, 0.3) is 0 Å². The van der Waals surface area contributed by atoms with Crippen molar-refractivity contribution in [2.45, 2.75) is 38.5 Å². The van der Waals surface area contributed by atoms with E-state index in [2.05, 4.69) is 12.2 Å². The lowest BCUT2D eigenvalue weighted by Gasteiger charge is -2.19. The van der Waals surface area contributed by atoms with Crippen molar-refractivity contribution in [1.82, 2.24) is 0 Å². The summed E-state index contributed by atoms with van der Waals surface area (Å²) in [5, 5.41) is 1.55. The first kappa shape index (κ1) is 18.5. The van der Waals surface area contributed by atoms with Gasteiger partial charge in [0.2, 0.25) is 0 Å². The number of allylic oxidation sites excluding steroid dienone is 4. The van der Waals surface area contributed by atoms with Crippen LogP contribution in [0.2, 0.25) is 0 Å². The van der Waals surface area contributed by atoms with Crippen LogP contribution in [-0.4, -0.2) is 11.9 Å². The number of carbonyl (C=O) groups is 2. The fourth-order valence-electron chi connectivity index (χ4n) is 3.84. The predicted octanol–water partition coefficient (Wildman–Crippen LogP) is 5.36. The molecule has 0 aliphatic heterocycles. The zero-order valence-electron chi connectivity index (χ0n) is 15.8. The standard InChI is InChI=1S/C24H24O4/c25-23(18-9-3-1-4-10-18)27-20-15-7-13-17-14-8-16-21(22(17)20)28-24(26)19-11-5-2-6-12-19/h1-3,5,7-8,13-16,18-19H,4,6,9-12H2. The van der Waals surface area contributed by atoms with Gasteiger partial charge in [-0.05, 0) is 56.0 Å². The molecule has 28 heavy (non-hydrogen) atoms. The number of fused-ring (bicyclic) bond motifs is 1. The summed E-state index contributed by atoms with van der Waals surface area (Å²) in [5.41, 5.74) is 0. The number of esters is 2. The molecule has 144 valence electrons. The largest absolute Gasteiger partial charge is 0.426 e. The molecule has 2 aliphatic carbocycles. The maximum Gasteiger partial charge on any atom is 0.314 e. The first-order valence-electron chi connectivity index (χ1n) is 9.97. The van der Waals surface area contributed by atoms with Gasteiger partial charge in [-0.1, -0.05) is 48.6 Å². The van der Waals surface area contributed by atoms with Crippen LogP contribution in [0.25, 0.3) is 10.8 Å². The van der Waals surface area contributed by atoms with Crippen molar-refractivity contribution in [3.63, 3.8) is 0 Å². The van der Waals surface area contributed by atoms with Gasteiger partial charge in [-0.3, -0.25) is 9.59 Å². The minimum absolute atomic E-state index is 0.121. The van der Waals surface area contributed by atoms with Crippen LogP contribution < -0.4 is 9.47 Å². The maximum absolute atomic E-state index is 12.6. The molecule has 0 aromatic heterocycles. The van der Waals surface area contributed by atoms with Crippen molar-refractivity contribution in [3.05, 3.63) is 60.7 Å². The Balaban J connectivity index is 1.60. The third kappa shape index (κ3) is 4.01. The number of carbonyl (C=O) groups excluding carboxylic acids is 2. The minimum Gasteiger partial charge on any atom is -0.426 e. The van der Waals surface area contributed by atoms with Crippen LogP contribution in [0, 0.1) is 11.8 Å². The zero-order valence-corrected chi connectivity index (χ0v) is 15.8. The predicted molar refractivity (Wildman–Crippen MR) is 108 cm³/mol. The highest BCUT2D eigenvalue weighted by atomic mass is 16.5. The second kappa shape index (κ2) is 8.42. The van der Waals surface area contributed by atoms with Gasteiger partial charge >= 0.3 is 11.9 Å². The van der Waals surface area contributed by atoms with Gasteiger partial charge in [0, 0.05) is 0 Å². The van der Waals surface area contributed by atoms with Gasteiger partial charge < -0.3 is 9.47 Å². The van der Waals surface area contributed by atoms with E-state index < -0.39 is 0 Å². The smallest absolute Gasteiger partial charge is 0.314 e. The van der Waals surface area contributed by atoms with E-state index in [-0.39, 0.29) is 23.8 Å². The fourth-order valence-corrected chi connectivity index (χ4v) is 3.84. The molecule has 2 atom stereocenters. The molecule has 0 radical (unpaired) electrons. The highest BCUT2D eigenvalue weighted by Crippen LogP contribution is 2.36. The Hall–Kier alpha value is -2.88. The van der Waals surface area contributed by atoms with Crippen LogP contribution in [-0.2, 0) is 9.59 Å². The molecular weight excluding hydrogens is 352 g/mol. The SMILES string of the molecule is O=C(Oc1cccc2cccc(OC(=O)C3CC=CCC3)c12)C1CC=CCC1. The molecule has 2 aromatic carbocycles. The topological polar surface area (TPSA) is 52.6 Å². The lowest BCUT2D eigenvalue weighted by molar-refractivity contribution is -0.139. The summed E-state index contributed by atoms with van der Waals surface area (Å²) in [6.45, 7) is 0. The molecule has 0 saturated carbocycles. The summed E-state index contributed by atoms with van der Waals surface area (Å²) in [6.07, 6.45) is 13.1. The fraction of sp³-hybridized carbons (Fsp3) is 0.333. The first-order chi connectivity index (χ1) is 13.7. The average molecular weight is 376 g/mol. The third-order valence-corrected chi connectivity index (χ3v) is 5.45. The molecule has 2 unspecified atom stereocenters. The van der Waals surface area contributed by atoms with Crippen molar-refractivity contribution in [3.8, 4) is 11.5 Å². The van der Waals surface area contributed by atoms with Gasteiger partial charge in [0.1, 0.15) is 11.5 Å². The summed E-state index contributed by atoms with van der Waals surface area (Å²) in [4.78, 5) is 25.2. The Morgan fingerprint density at radius 3 is 1.64 bits per heavy atom. The second-order valence-electron chi connectivity index (χ2n) is 7.42. The van der Waals surface area contributed by atoms with E-state index in [1.165, 1.54) is 0 Å². The van der Waals surface area contributed by atoms with E-state index in [1.54, 1.807) is 12.1 Å². The summed E-state index contributed by atoms with van der Waals surface area (Å²) < 4.78 is 11.5. The van der Waals surface area contributed by atoms with Crippen LogP contribution in [0.1, 0.15) is 38.5 Å². The van der Waals surface area contributed by atoms with Gasteiger partial charge in [-0.25, -0.2) is 0 Å². The van der Waals surface area contributed by atoms with Crippen LogP contribution in [0.5, 0.6) is 11.5 Å². The lowest BCUT2D eigenvalue weighted by Crippen LogP contribution is -2.22. The molecule has 0 spiro atoms. The molecule has 0 amide bonds. The lowest BCUT2D eigenvalue weighted by atomic mass is 9.94. The Bertz CT molecular complexity index is 868. The summed E-state index contributed by atoms with van der Waals surface area (Å²) in [6, 6.07) is 11.1. The maximum atomic E-state index is 12.6. The molecule has 0 heterocycles. The van der Waals surface area contributed by atoms with Gasteiger partial charge in [-0.2, -0.15) is 0 Å². The highest BCUT2D eigenvalue weighted by Gasteiger charge is 2.24. The summed E-state index contributed by atoms with van der Waals surface area (Å²) in [5.74, 6) is 0.201. The molecule has 4 heteroatoms. The van der Waals surface area contributed by atoms with Crippen LogP contribution in [0.3, 0.4) is 0 Å². The first-order valence-corrected chi connectivity index (χ1v) is 9.97. The monoisotopic (exact) mass is 376 g/mol. The summed E-state index contributed by atoms with van der Waals surface area (Å²) >= 11 is 0.